The van der Waals surface area contributed by atoms with Gasteiger partial charge in [-0.15, -0.1) is 0 Å². The van der Waals surface area contributed by atoms with E-state index in [1.165, 1.54) is 4.90 Å². The van der Waals surface area contributed by atoms with Crippen molar-refractivity contribution < 1.29 is 19.3 Å². The Labute approximate surface area is 178 Å². The first-order valence-corrected chi connectivity index (χ1v) is 11.4. The molecule has 4 rings (SSSR count). The third-order valence-electron chi connectivity index (χ3n) is 6.98. The minimum absolute atomic E-state index is 0.0748. The molecule has 2 N–H and O–H groups in total. The maximum Gasteiger partial charge on any atom is 0.233 e. The number of carbonyl (C=O) groups excluding carboxylic acids is 3. The number of quaternary nitrogens is 1. The third kappa shape index (κ3) is 4.21. The molecule has 1 saturated carbocycles. The zero-order valence-electron chi connectivity index (χ0n) is 17.9. The second-order valence-corrected chi connectivity index (χ2v) is 8.73. The van der Waals surface area contributed by atoms with Crippen LogP contribution in [-0.2, 0) is 14.4 Å². The SMILES string of the molecule is CC[NH+]1CCN(c2ccccc2NC(=O)CCN2C(=O)[C@H]3CCCC[C@@H]3C2=O)CC1. The lowest BCUT2D eigenvalue weighted by Gasteiger charge is -2.34. The van der Waals surface area contributed by atoms with Gasteiger partial charge < -0.3 is 15.1 Å². The Morgan fingerprint density at radius 1 is 1.07 bits per heavy atom. The molecule has 3 aliphatic rings. The number of hydrogen-bond donors (Lipinski definition) is 2. The summed E-state index contributed by atoms with van der Waals surface area (Å²) in [5.74, 6) is -0.614. The number of likely N-dealkylation sites (N-methyl/N-ethyl adjacent to an activating group) is 1. The smallest absolute Gasteiger partial charge is 0.233 e. The van der Waals surface area contributed by atoms with E-state index < -0.39 is 0 Å². The molecule has 0 bridgehead atoms. The summed E-state index contributed by atoms with van der Waals surface area (Å²) in [6, 6.07) is 7.88. The van der Waals surface area contributed by atoms with Crippen molar-refractivity contribution in [1.29, 1.82) is 0 Å². The van der Waals surface area contributed by atoms with Gasteiger partial charge in [0.15, 0.2) is 0 Å². The van der Waals surface area contributed by atoms with Gasteiger partial charge in [0.1, 0.15) is 0 Å². The van der Waals surface area contributed by atoms with Crippen LogP contribution in [0.4, 0.5) is 11.4 Å². The number of amides is 3. The Morgan fingerprint density at radius 2 is 1.70 bits per heavy atom. The van der Waals surface area contributed by atoms with Crippen LogP contribution in [0.1, 0.15) is 39.0 Å². The number of fused-ring (bicyclic) bond motifs is 1. The average molecular weight is 414 g/mol. The van der Waals surface area contributed by atoms with Crippen molar-refractivity contribution in [2.75, 3.05) is 49.5 Å². The summed E-state index contributed by atoms with van der Waals surface area (Å²) in [6.07, 6.45) is 3.77. The monoisotopic (exact) mass is 413 g/mol. The number of likely N-dealkylation sites (tertiary alicyclic amines) is 1. The highest BCUT2D eigenvalue weighted by atomic mass is 16.2. The highest BCUT2D eigenvalue weighted by Crippen LogP contribution is 2.38. The summed E-state index contributed by atoms with van der Waals surface area (Å²) in [4.78, 5) is 43.1. The minimum atomic E-state index is -0.157. The molecule has 1 aliphatic carbocycles. The first kappa shape index (κ1) is 20.8. The Bertz CT molecular complexity index is 779. The van der Waals surface area contributed by atoms with Gasteiger partial charge in [-0.25, -0.2) is 0 Å². The van der Waals surface area contributed by atoms with Crippen molar-refractivity contribution in [2.24, 2.45) is 11.8 Å². The molecule has 30 heavy (non-hydrogen) atoms. The number of nitrogens with one attached hydrogen (secondary N) is 2. The van der Waals surface area contributed by atoms with Gasteiger partial charge in [0.25, 0.3) is 0 Å². The number of nitrogens with zero attached hydrogens (tertiary/aromatic N) is 2. The van der Waals surface area contributed by atoms with Gasteiger partial charge in [-0.3, -0.25) is 19.3 Å². The lowest BCUT2D eigenvalue weighted by molar-refractivity contribution is -0.898. The zero-order chi connectivity index (χ0) is 21.1. The van der Waals surface area contributed by atoms with E-state index in [-0.39, 0.29) is 42.5 Å². The standard InChI is InChI=1S/C23H32N4O3/c1-2-25-13-15-26(16-14-25)20-10-6-5-9-19(20)24-21(28)11-12-27-22(29)17-7-3-4-8-18(17)23(27)30/h5-6,9-10,17-18H,2-4,7-8,11-16H2,1H3,(H,24,28)/p+1/t17-,18-/m0/s1. The number of imide groups is 1. The topological polar surface area (TPSA) is 74.2 Å². The quantitative estimate of drug-likeness (QED) is 0.680. The van der Waals surface area contributed by atoms with Crippen LogP contribution in [0.3, 0.4) is 0 Å². The molecule has 0 spiro atoms. The number of hydrogen-bond acceptors (Lipinski definition) is 4. The van der Waals surface area contributed by atoms with Crippen LogP contribution in [0.5, 0.6) is 0 Å². The molecule has 2 heterocycles. The molecule has 3 fully saturated rings. The third-order valence-corrected chi connectivity index (χ3v) is 6.98. The van der Waals surface area contributed by atoms with Crippen LogP contribution in [0, 0.1) is 11.8 Å². The van der Waals surface area contributed by atoms with Crippen molar-refractivity contribution in [3.05, 3.63) is 24.3 Å². The van der Waals surface area contributed by atoms with Crippen LogP contribution in [-0.4, -0.2) is 61.9 Å². The maximum atomic E-state index is 12.6. The molecule has 162 valence electrons. The molecule has 7 nitrogen and oxygen atoms in total. The lowest BCUT2D eigenvalue weighted by Crippen LogP contribution is -3.14. The van der Waals surface area contributed by atoms with E-state index in [0.717, 1.165) is 69.8 Å². The van der Waals surface area contributed by atoms with Crippen molar-refractivity contribution >= 4 is 29.1 Å². The van der Waals surface area contributed by atoms with Gasteiger partial charge in [0.2, 0.25) is 17.7 Å². The van der Waals surface area contributed by atoms with Crippen LogP contribution in [0.15, 0.2) is 24.3 Å². The van der Waals surface area contributed by atoms with E-state index in [1.807, 2.05) is 24.3 Å². The van der Waals surface area contributed by atoms with Gasteiger partial charge in [-0.2, -0.15) is 0 Å². The number of anilines is 2. The molecule has 1 aromatic rings. The number of rotatable bonds is 6. The summed E-state index contributed by atoms with van der Waals surface area (Å²) in [6.45, 7) is 7.66. The Hall–Kier alpha value is -2.41. The highest BCUT2D eigenvalue weighted by Gasteiger charge is 2.47. The fourth-order valence-corrected chi connectivity index (χ4v) is 5.15. The molecule has 7 heteroatoms. The summed E-state index contributed by atoms with van der Waals surface area (Å²) in [5.41, 5.74) is 1.84. The number of piperazine rings is 1. The van der Waals surface area contributed by atoms with Crippen molar-refractivity contribution in [3.63, 3.8) is 0 Å². The summed E-state index contributed by atoms with van der Waals surface area (Å²) < 4.78 is 0. The van der Waals surface area contributed by atoms with Crippen molar-refractivity contribution in [3.8, 4) is 0 Å². The summed E-state index contributed by atoms with van der Waals surface area (Å²) >= 11 is 0. The fraction of sp³-hybridized carbons (Fsp3) is 0.609. The number of benzene rings is 1. The van der Waals surface area contributed by atoms with Crippen molar-refractivity contribution in [2.45, 2.75) is 39.0 Å². The van der Waals surface area contributed by atoms with Gasteiger partial charge >= 0.3 is 0 Å². The number of carbonyl (C=O) groups is 3. The molecule has 2 atom stereocenters. The van der Waals surface area contributed by atoms with E-state index in [4.69, 9.17) is 0 Å². The molecule has 1 aromatic carbocycles. The van der Waals surface area contributed by atoms with E-state index in [1.54, 1.807) is 4.90 Å². The number of para-hydroxylation sites is 2. The van der Waals surface area contributed by atoms with E-state index in [0.29, 0.717) is 0 Å². The van der Waals surface area contributed by atoms with E-state index in [9.17, 15) is 14.4 Å². The largest absolute Gasteiger partial charge is 0.359 e. The predicted octanol–water partition coefficient (Wildman–Crippen LogP) is 0.915. The van der Waals surface area contributed by atoms with E-state index in [2.05, 4.69) is 17.1 Å². The van der Waals surface area contributed by atoms with Crippen LogP contribution in [0.2, 0.25) is 0 Å². The highest BCUT2D eigenvalue weighted by molar-refractivity contribution is 6.05. The molecule has 3 amide bonds. The molecular formula is C23H33N4O3+. The van der Waals surface area contributed by atoms with Gasteiger partial charge in [-0.05, 0) is 31.9 Å². The second kappa shape index (κ2) is 9.16. The first-order valence-electron chi connectivity index (χ1n) is 11.4. The lowest BCUT2D eigenvalue weighted by atomic mass is 9.81. The van der Waals surface area contributed by atoms with Gasteiger partial charge in [0.05, 0.1) is 55.9 Å². The Kier molecular flexibility index (Phi) is 6.37. The normalized spacial score (nSPS) is 24.8. The predicted molar refractivity (Wildman–Crippen MR) is 115 cm³/mol. The van der Waals surface area contributed by atoms with Crippen LogP contribution < -0.4 is 15.1 Å². The second-order valence-electron chi connectivity index (χ2n) is 8.73. The van der Waals surface area contributed by atoms with Gasteiger partial charge in [-0.1, -0.05) is 25.0 Å². The molecule has 0 radical (unpaired) electrons. The molecular weight excluding hydrogens is 380 g/mol. The van der Waals surface area contributed by atoms with Crippen LogP contribution >= 0.6 is 0 Å². The molecule has 2 saturated heterocycles. The maximum absolute atomic E-state index is 12.6. The van der Waals surface area contributed by atoms with Gasteiger partial charge in [0, 0.05) is 13.0 Å². The van der Waals surface area contributed by atoms with E-state index >= 15 is 0 Å². The summed E-state index contributed by atoms with van der Waals surface area (Å²) in [7, 11) is 0. The molecule has 0 aromatic heterocycles. The fourth-order valence-electron chi connectivity index (χ4n) is 5.15. The molecule has 2 aliphatic heterocycles. The van der Waals surface area contributed by atoms with Crippen LogP contribution in [0.25, 0.3) is 0 Å². The summed E-state index contributed by atoms with van der Waals surface area (Å²) in [5, 5.41) is 3.01. The first-order chi connectivity index (χ1) is 14.6. The zero-order valence-corrected chi connectivity index (χ0v) is 17.9. The average Bonchev–Trinajstić information content (AvgIpc) is 3.03. The minimum Gasteiger partial charge on any atom is -0.359 e. The Balaban J connectivity index is 1.35. The van der Waals surface area contributed by atoms with Crippen molar-refractivity contribution in [1.82, 2.24) is 4.90 Å². The Morgan fingerprint density at radius 3 is 2.33 bits per heavy atom. The molecule has 0 unspecified atom stereocenters.